The van der Waals surface area contributed by atoms with Crippen molar-refractivity contribution in [3.05, 3.63) is 27.1 Å². The highest BCUT2D eigenvalue weighted by Crippen LogP contribution is 2.09. The molecule has 15 heavy (non-hydrogen) atoms. The average molecular weight is 275 g/mol. The van der Waals surface area contributed by atoms with E-state index < -0.39 is 0 Å². The van der Waals surface area contributed by atoms with Gasteiger partial charge in [0.1, 0.15) is 0 Å². The third kappa shape index (κ3) is 3.07. The molecule has 1 rings (SSSR count). The summed E-state index contributed by atoms with van der Waals surface area (Å²) < 4.78 is 7.27. The first-order valence-electron chi connectivity index (χ1n) is 4.76. The van der Waals surface area contributed by atoms with E-state index >= 15 is 0 Å². The van der Waals surface area contributed by atoms with Crippen LogP contribution in [0.2, 0.25) is 0 Å². The topological polar surface area (TPSA) is 57.2 Å². The van der Waals surface area contributed by atoms with Crippen molar-refractivity contribution < 1.29 is 4.74 Å². The SMILES string of the molecule is CCC(Cn1cc(N)cc(Br)c1=O)OC. The zero-order valence-corrected chi connectivity index (χ0v) is 10.5. The summed E-state index contributed by atoms with van der Waals surface area (Å²) >= 11 is 3.18. The maximum Gasteiger partial charge on any atom is 0.265 e. The van der Waals surface area contributed by atoms with E-state index in [1.165, 1.54) is 0 Å². The first kappa shape index (κ1) is 12.3. The summed E-state index contributed by atoms with van der Waals surface area (Å²) in [6, 6.07) is 1.60. The van der Waals surface area contributed by atoms with Crippen LogP contribution in [0.1, 0.15) is 13.3 Å². The van der Waals surface area contributed by atoms with Crippen molar-refractivity contribution in [1.29, 1.82) is 0 Å². The fourth-order valence-electron chi connectivity index (χ4n) is 1.35. The fourth-order valence-corrected chi connectivity index (χ4v) is 1.84. The number of aromatic nitrogens is 1. The smallest absolute Gasteiger partial charge is 0.265 e. The van der Waals surface area contributed by atoms with E-state index in [1.54, 1.807) is 23.9 Å². The predicted molar refractivity (Wildman–Crippen MR) is 63.9 cm³/mol. The molecular weight excluding hydrogens is 260 g/mol. The summed E-state index contributed by atoms with van der Waals surface area (Å²) in [4.78, 5) is 11.7. The Morgan fingerprint density at radius 2 is 2.33 bits per heavy atom. The Hall–Kier alpha value is -0.810. The molecule has 0 saturated carbocycles. The molecule has 84 valence electrons. The van der Waals surface area contributed by atoms with Gasteiger partial charge in [-0.05, 0) is 28.4 Å². The van der Waals surface area contributed by atoms with Gasteiger partial charge in [-0.1, -0.05) is 6.92 Å². The zero-order chi connectivity index (χ0) is 11.4. The molecule has 1 aromatic rings. The normalized spacial score (nSPS) is 12.7. The lowest BCUT2D eigenvalue weighted by atomic mass is 10.2. The van der Waals surface area contributed by atoms with Crippen LogP contribution in [0.3, 0.4) is 0 Å². The van der Waals surface area contributed by atoms with Crippen LogP contribution in [0.5, 0.6) is 0 Å². The quantitative estimate of drug-likeness (QED) is 0.908. The lowest BCUT2D eigenvalue weighted by Crippen LogP contribution is -2.27. The van der Waals surface area contributed by atoms with Gasteiger partial charge < -0.3 is 15.0 Å². The molecule has 0 spiro atoms. The number of nitrogens with zero attached hydrogens (tertiary/aromatic N) is 1. The van der Waals surface area contributed by atoms with Crippen molar-refractivity contribution in [3.8, 4) is 0 Å². The standard InChI is InChI=1S/C10H15BrN2O2/c1-3-8(15-2)6-13-5-7(12)4-9(11)10(13)14/h4-5,8H,3,6,12H2,1-2H3. The van der Waals surface area contributed by atoms with Crippen LogP contribution in [-0.2, 0) is 11.3 Å². The molecule has 1 unspecified atom stereocenters. The van der Waals surface area contributed by atoms with E-state index in [0.717, 1.165) is 6.42 Å². The van der Waals surface area contributed by atoms with Crippen molar-refractivity contribution in [2.75, 3.05) is 12.8 Å². The van der Waals surface area contributed by atoms with E-state index in [4.69, 9.17) is 10.5 Å². The van der Waals surface area contributed by atoms with Crippen LogP contribution in [0.4, 0.5) is 5.69 Å². The third-order valence-electron chi connectivity index (χ3n) is 2.25. The number of hydrogen-bond acceptors (Lipinski definition) is 3. The number of nitrogens with two attached hydrogens (primary N) is 1. The minimum Gasteiger partial charge on any atom is -0.398 e. The third-order valence-corrected chi connectivity index (χ3v) is 2.82. The molecule has 0 aromatic carbocycles. The number of methoxy groups -OCH3 is 1. The Kier molecular flexibility index (Phi) is 4.35. The number of nitrogen functional groups attached to an aromatic ring is 1. The lowest BCUT2D eigenvalue weighted by molar-refractivity contribution is 0.0838. The largest absolute Gasteiger partial charge is 0.398 e. The Bertz CT molecular complexity index is 385. The van der Waals surface area contributed by atoms with Gasteiger partial charge in [-0.25, -0.2) is 0 Å². The zero-order valence-electron chi connectivity index (χ0n) is 8.87. The van der Waals surface area contributed by atoms with Crippen molar-refractivity contribution in [3.63, 3.8) is 0 Å². The van der Waals surface area contributed by atoms with Crippen LogP contribution >= 0.6 is 15.9 Å². The Balaban J connectivity index is 2.99. The second kappa shape index (κ2) is 5.32. The first-order chi connectivity index (χ1) is 7.08. The van der Waals surface area contributed by atoms with Gasteiger partial charge >= 0.3 is 0 Å². The van der Waals surface area contributed by atoms with Gasteiger partial charge in [0.2, 0.25) is 0 Å². The van der Waals surface area contributed by atoms with E-state index in [1.807, 2.05) is 6.92 Å². The van der Waals surface area contributed by atoms with Crippen LogP contribution in [-0.4, -0.2) is 17.8 Å². The second-order valence-corrected chi connectivity index (χ2v) is 4.20. The molecule has 4 nitrogen and oxygen atoms in total. The molecule has 5 heteroatoms. The Morgan fingerprint density at radius 3 is 2.87 bits per heavy atom. The summed E-state index contributed by atoms with van der Waals surface area (Å²) in [7, 11) is 1.64. The van der Waals surface area contributed by atoms with Gasteiger partial charge in [-0.3, -0.25) is 4.79 Å². The molecule has 1 atom stereocenters. The Morgan fingerprint density at radius 1 is 1.67 bits per heavy atom. The first-order valence-corrected chi connectivity index (χ1v) is 5.56. The average Bonchev–Trinajstić information content (AvgIpc) is 2.21. The van der Waals surface area contributed by atoms with E-state index in [9.17, 15) is 4.79 Å². The van der Waals surface area contributed by atoms with Gasteiger partial charge in [0.05, 0.1) is 17.1 Å². The molecule has 0 bridgehead atoms. The molecule has 1 aromatic heterocycles. The minimum absolute atomic E-state index is 0.0383. The predicted octanol–water partition coefficient (Wildman–Crippen LogP) is 1.62. The van der Waals surface area contributed by atoms with E-state index in [-0.39, 0.29) is 11.7 Å². The highest BCUT2D eigenvalue weighted by atomic mass is 79.9. The summed E-state index contributed by atoms with van der Waals surface area (Å²) in [5.41, 5.74) is 6.14. The molecule has 0 saturated heterocycles. The van der Waals surface area contributed by atoms with Crippen molar-refractivity contribution in [2.24, 2.45) is 0 Å². The summed E-state index contributed by atoms with van der Waals surface area (Å²) in [6.07, 6.45) is 2.53. The number of halogens is 1. The molecule has 0 aliphatic rings. The highest BCUT2D eigenvalue weighted by molar-refractivity contribution is 9.10. The van der Waals surface area contributed by atoms with Gasteiger partial charge in [0.15, 0.2) is 0 Å². The molecular formula is C10H15BrN2O2. The lowest BCUT2D eigenvalue weighted by Gasteiger charge is -2.15. The molecule has 0 radical (unpaired) electrons. The van der Waals surface area contributed by atoms with Gasteiger partial charge in [-0.2, -0.15) is 0 Å². The molecule has 0 fully saturated rings. The van der Waals surface area contributed by atoms with Gasteiger partial charge in [0.25, 0.3) is 5.56 Å². The monoisotopic (exact) mass is 274 g/mol. The number of rotatable bonds is 4. The summed E-state index contributed by atoms with van der Waals surface area (Å²) in [5.74, 6) is 0. The maximum absolute atomic E-state index is 11.7. The molecule has 0 amide bonds. The number of hydrogen-bond donors (Lipinski definition) is 1. The van der Waals surface area contributed by atoms with Crippen molar-refractivity contribution >= 4 is 21.6 Å². The second-order valence-electron chi connectivity index (χ2n) is 3.34. The number of ether oxygens (including phenoxy) is 1. The fraction of sp³-hybridized carbons (Fsp3) is 0.500. The van der Waals surface area contributed by atoms with Crippen LogP contribution < -0.4 is 11.3 Å². The summed E-state index contributed by atoms with van der Waals surface area (Å²) in [6.45, 7) is 2.54. The van der Waals surface area contributed by atoms with Crippen molar-refractivity contribution in [2.45, 2.75) is 26.0 Å². The van der Waals surface area contributed by atoms with Crippen LogP contribution in [0, 0.1) is 0 Å². The van der Waals surface area contributed by atoms with Gasteiger partial charge in [0, 0.05) is 19.0 Å². The molecule has 0 aliphatic heterocycles. The molecule has 1 heterocycles. The number of pyridine rings is 1. The highest BCUT2D eigenvalue weighted by Gasteiger charge is 2.08. The van der Waals surface area contributed by atoms with Crippen LogP contribution in [0.15, 0.2) is 21.5 Å². The Labute approximate surface area is 97.2 Å². The van der Waals surface area contributed by atoms with Crippen molar-refractivity contribution in [1.82, 2.24) is 4.57 Å². The molecule has 2 N–H and O–H groups in total. The maximum atomic E-state index is 11.7. The van der Waals surface area contributed by atoms with E-state index in [0.29, 0.717) is 16.7 Å². The summed E-state index contributed by atoms with van der Waals surface area (Å²) in [5, 5.41) is 0. The van der Waals surface area contributed by atoms with Gasteiger partial charge in [-0.15, -0.1) is 0 Å². The van der Waals surface area contributed by atoms with Crippen LogP contribution in [0.25, 0.3) is 0 Å². The molecule has 0 aliphatic carbocycles. The number of anilines is 1. The van der Waals surface area contributed by atoms with E-state index in [2.05, 4.69) is 15.9 Å². The minimum atomic E-state index is -0.0836.